The lowest BCUT2D eigenvalue weighted by atomic mass is 10.1. The molecule has 0 radical (unpaired) electrons. The summed E-state index contributed by atoms with van der Waals surface area (Å²) in [7, 11) is -0.519. The van der Waals surface area contributed by atoms with Crippen LogP contribution in [0.5, 0.6) is 0 Å². The van der Waals surface area contributed by atoms with Crippen LogP contribution < -0.4 is 4.72 Å². The largest absolute Gasteiger partial charge is 0.371 e. The molecular weight excluding hydrogens is 382 g/mol. The molecule has 5 nitrogen and oxygen atoms in total. The van der Waals surface area contributed by atoms with E-state index in [0.29, 0.717) is 5.69 Å². The van der Waals surface area contributed by atoms with Crippen LogP contribution >= 0.6 is 0 Å². The first-order chi connectivity index (χ1) is 13.7. The second-order valence-corrected chi connectivity index (χ2v) is 9.01. The number of anilines is 1. The zero-order valence-corrected chi connectivity index (χ0v) is 18.7. The second-order valence-electron chi connectivity index (χ2n) is 7.13. The number of rotatable bonds is 9. The molecule has 0 bridgehead atoms. The van der Waals surface area contributed by atoms with E-state index in [9.17, 15) is 8.42 Å². The fourth-order valence-corrected chi connectivity index (χ4v) is 3.41. The maximum Gasteiger partial charge on any atom is 0.301 e. The molecule has 0 amide bonds. The zero-order chi connectivity index (χ0) is 21.4. The molecule has 2 aromatic rings. The summed E-state index contributed by atoms with van der Waals surface area (Å²) in [5.41, 5.74) is 5.04. The standard InChI is InChI=1S/C23H31N3O2S/c1-6-26(18-21-11-8-7-9-12-21)20(3)16-15-19(2)22-13-10-14-23(17-22)24-29(27,28)25(4)5/h7-17,24H,6,18H2,1-5H3/b19-15+,20-16+. The van der Waals surface area contributed by atoms with Crippen molar-refractivity contribution in [3.05, 3.63) is 83.6 Å². The van der Waals surface area contributed by atoms with Gasteiger partial charge in [0.1, 0.15) is 0 Å². The summed E-state index contributed by atoms with van der Waals surface area (Å²) in [6.45, 7) is 8.08. The molecule has 1 N–H and O–H groups in total. The Kier molecular flexibility index (Phi) is 8.05. The number of benzene rings is 2. The van der Waals surface area contributed by atoms with E-state index in [1.54, 1.807) is 6.07 Å². The van der Waals surface area contributed by atoms with E-state index in [-0.39, 0.29) is 0 Å². The van der Waals surface area contributed by atoms with Crippen LogP contribution in [0.1, 0.15) is 31.9 Å². The number of nitrogens with one attached hydrogen (secondary N) is 1. The number of hydrogen-bond acceptors (Lipinski definition) is 3. The molecule has 2 rings (SSSR count). The first kappa shape index (κ1) is 22.7. The average Bonchev–Trinajstić information content (AvgIpc) is 2.70. The summed E-state index contributed by atoms with van der Waals surface area (Å²) < 4.78 is 27.8. The van der Waals surface area contributed by atoms with Crippen molar-refractivity contribution in [2.24, 2.45) is 0 Å². The number of hydrogen-bond donors (Lipinski definition) is 1. The minimum atomic E-state index is -3.52. The van der Waals surface area contributed by atoms with Crippen LogP contribution in [-0.2, 0) is 16.8 Å². The molecule has 0 aliphatic carbocycles. The van der Waals surface area contributed by atoms with Gasteiger partial charge in [0.15, 0.2) is 0 Å². The molecule has 0 aromatic heterocycles. The molecule has 0 atom stereocenters. The minimum Gasteiger partial charge on any atom is -0.371 e. The van der Waals surface area contributed by atoms with Crippen molar-refractivity contribution in [2.75, 3.05) is 25.4 Å². The Balaban J connectivity index is 2.16. The normalized spacial score (nSPS) is 12.9. The monoisotopic (exact) mass is 413 g/mol. The van der Waals surface area contributed by atoms with Gasteiger partial charge in [-0.3, -0.25) is 4.72 Å². The lowest BCUT2D eigenvalue weighted by molar-refractivity contribution is 0.356. The van der Waals surface area contributed by atoms with Crippen molar-refractivity contribution in [3.8, 4) is 0 Å². The molecule has 0 saturated heterocycles. The highest BCUT2D eigenvalue weighted by Gasteiger charge is 2.13. The van der Waals surface area contributed by atoms with E-state index in [0.717, 1.165) is 28.5 Å². The Bertz CT molecular complexity index is 965. The van der Waals surface area contributed by atoms with Gasteiger partial charge in [0.2, 0.25) is 0 Å². The quantitative estimate of drug-likeness (QED) is 0.605. The molecule has 6 heteroatoms. The molecule has 0 fully saturated rings. The highest BCUT2D eigenvalue weighted by molar-refractivity contribution is 7.90. The van der Waals surface area contributed by atoms with Crippen LogP contribution in [0, 0.1) is 0 Å². The maximum atomic E-state index is 12.0. The summed E-state index contributed by atoms with van der Waals surface area (Å²) in [5.74, 6) is 0. The summed E-state index contributed by atoms with van der Waals surface area (Å²) >= 11 is 0. The highest BCUT2D eigenvalue weighted by atomic mass is 32.2. The molecule has 0 aliphatic heterocycles. The van der Waals surface area contributed by atoms with Gasteiger partial charge in [-0.25, -0.2) is 0 Å². The molecule has 0 spiro atoms. The van der Waals surface area contributed by atoms with Crippen molar-refractivity contribution in [2.45, 2.75) is 27.3 Å². The summed E-state index contributed by atoms with van der Waals surface area (Å²) in [6, 6.07) is 17.8. The first-order valence-corrected chi connectivity index (χ1v) is 11.1. The zero-order valence-electron chi connectivity index (χ0n) is 17.9. The maximum absolute atomic E-state index is 12.0. The molecule has 2 aromatic carbocycles. The number of nitrogens with zero attached hydrogens (tertiary/aromatic N) is 2. The van der Waals surface area contributed by atoms with Gasteiger partial charge in [-0.15, -0.1) is 0 Å². The second kappa shape index (κ2) is 10.3. The Morgan fingerprint density at radius 1 is 1.00 bits per heavy atom. The Morgan fingerprint density at radius 3 is 2.31 bits per heavy atom. The van der Waals surface area contributed by atoms with E-state index in [1.165, 1.54) is 25.4 Å². The van der Waals surface area contributed by atoms with Crippen LogP contribution in [-0.4, -0.2) is 38.3 Å². The molecule has 0 heterocycles. The van der Waals surface area contributed by atoms with Gasteiger partial charge >= 0.3 is 10.2 Å². The SMILES string of the molecule is CCN(Cc1ccccc1)/C(C)=C/C=C(\C)c1cccc(NS(=O)(=O)N(C)C)c1. The van der Waals surface area contributed by atoms with Crippen LogP contribution in [0.25, 0.3) is 5.57 Å². The highest BCUT2D eigenvalue weighted by Crippen LogP contribution is 2.20. The van der Waals surface area contributed by atoms with Crippen molar-refractivity contribution in [1.82, 2.24) is 9.21 Å². The summed E-state index contributed by atoms with van der Waals surface area (Å²) in [4.78, 5) is 2.32. The van der Waals surface area contributed by atoms with E-state index in [4.69, 9.17) is 0 Å². The first-order valence-electron chi connectivity index (χ1n) is 9.67. The smallest absolute Gasteiger partial charge is 0.301 e. The van der Waals surface area contributed by atoms with Crippen LogP contribution in [0.15, 0.2) is 72.4 Å². The van der Waals surface area contributed by atoms with E-state index in [1.807, 2.05) is 31.2 Å². The Labute approximate surface area is 175 Å². The minimum absolute atomic E-state index is 0.545. The predicted molar refractivity (Wildman–Crippen MR) is 123 cm³/mol. The van der Waals surface area contributed by atoms with Gasteiger partial charge in [-0.2, -0.15) is 12.7 Å². The lowest BCUT2D eigenvalue weighted by Gasteiger charge is -2.23. The molecule has 29 heavy (non-hydrogen) atoms. The van der Waals surface area contributed by atoms with Crippen molar-refractivity contribution in [1.29, 1.82) is 0 Å². The van der Waals surface area contributed by atoms with Gasteiger partial charge in [-0.05, 0) is 55.7 Å². The topological polar surface area (TPSA) is 52.7 Å². The third kappa shape index (κ3) is 6.76. The van der Waals surface area contributed by atoms with Gasteiger partial charge in [0, 0.05) is 32.9 Å². The molecular formula is C23H31N3O2S. The van der Waals surface area contributed by atoms with E-state index >= 15 is 0 Å². The van der Waals surface area contributed by atoms with E-state index < -0.39 is 10.2 Å². The van der Waals surface area contributed by atoms with Crippen molar-refractivity contribution < 1.29 is 8.42 Å². The Hall–Kier alpha value is -2.57. The average molecular weight is 414 g/mol. The van der Waals surface area contributed by atoms with Gasteiger partial charge < -0.3 is 4.90 Å². The van der Waals surface area contributed by atoms with Crippen LogP contribution in [0.4, 0.5) is 5.69 Å². The molecule has 0 aliphatic rings. The fraction of sp³-hybridized carbons (Fsp3) is 0.304. The molecule has 0 unspecified atom stereocenters. The number of allylic oxidation sites excluding steroid dienone is 4. The Morgan fingerprint density at radius 2 is 1.69 bits per heavy atom. The van der Waals surface area contributed by atoms with Crippen LogP contribution in [0.2, 0.25) is 0 Å². The van der Waals surface area contributed by atoms with Crippen molar-refractivity contribution >= 4 is 21.5 Å². The van der Waals surface area contributed by atoms with Gasteiger partial charge in [0.05, 0.1) is 5.69 Å². The lowest BCUT2D eigenvalue weighted by Crippen LogP contribution is -2.28. The van der Waals surface area contributed by atoms with Crippen LogP contribution in [0.3, 0.4) is 0 Å². The van der Waals surface area contributed by atoms with Crippen molar-refractivity contribution in [3.63, 3.8) is 0 Å². The summed E-state index contributed by atoms with van der Waals surface area (Å²) in [6.07, 6.45) is 4.18. The molecule has 156 valence electrons. The van der Waals surface area contributed by atoms with Gasteiger partial charge in [-0.1, -0.05) is 48.5 Å². The molecule has 0 saturated carbocycles. The van der Waals surface area contributed by atoms with E-state index in [2.05, 4.69) is 59.9 Å². The fourth-order valence-electron chi connectivity index (χ4n) is 2.81. The third-order valence-electron chi connectivity index (χ3n) is 4.72. The van der Waals surface area contributed by atoms with Gasteiger partial charge in [0.25, 0.3) is 0 Å². The predicted octanol–water partition coefficient (Wildman–Crippen LogP) is 4.73. The third-order valence-corrected chi connectivity index (χ3v) is 6.17. The summed E-state index contributed by atoms with van der Waals surface area (Å²) in [5, 5.41) is 0.